The zero-order valence-electron chi connectivity index (χ0n) is 13.6. The maximum Gasteiger partial charge on any atom is 0.138 e. The van der Waals surface area contributed by atoms with E-state index in [4.69, 9.17) is 4.74 Å². The monoisotopic (exact) mass is 280 g/mol. The van der Waals surface area contributed by atoms with Gasteiger partial charge in [-0.25, -0.2) is 9.97 Å². The Kier molecular flexibility index (Phi) is 6.20. The predicted molar refractivity (Wildman–Crippen MR) is 84.5 cm³/mol. The zero-order valence-corrected chi connectivity index (χ0v) is 13.6. The zero-order chi connectivity index (χ0) is 15.2. The summed E-state index contributed by atoms with van der Waals surface area (Å²) in [7, 11) is 1.70. The molecule has 0 saturated heterocycles. The van der Waals surface area contributed by atoms with Crippen molar-refractivity contribution >= 4 is 11.6 Å². The van der Waals surface area contributed by atoms with Crippen molar-refractivity contribution in [3.05, 3.63) is 11.9 Å². The third kappa shape index (κ3) is 5.33. The molecular formula is C15H28N4O. The molecule has 1 aromatic rings. The minimum Gasteiger partial charge on any atom is -0.383 e. The molecule has 5 nitrogen and oxygen atoms in total. The first-order chi connectivity index (χ1) is 9.36. The Balaban J connectivity index is 2.97. The summed E-state index contributed by atoms with van der Waals surface area (Å²) in [4.78, 5) is 9.22. The summed E-state index contributed by atoms with van der Waals surface area (Å²) in [6, 6.07) is 2.17. The average molecular weight is 280 g/mol. The minimum atomic E-state index is -0.0785. The van der Waals surface area contributed by atoms with Gasteiger partial charge in [0, 0.05) is 31.2 Å². The van der Waals surface area contributed by atoms with Crippen LogP contribution >= 0.6 is 0 Å². The first-order valence-corrected chi connectivity index (χ1v) is 7.25. The first-order valence-electron chi connectivity index (χ1n) is 7.25. The van der Waals surface area contributed by atoms with Gasteiger partial charge in [-0.3, -0.25) is 0 Å². The third-order valence-electron chi connectivity index (χ3n) is 2.76. The Hall–Kier alpha value is -1.36. The lowest BCUT2D eigenvalue weighted by Gasteiger charge is -2.21. The van der Waals surface area contributed by atoms with Crippen LogP contribution in [0.3, 0.4) is 0 Å². The molecule has 0 saturated carbocycles. The predicted octanol–water partition coefficient (Wildman–Crippen LogP) is 3.04. The van der Waals surface area contributed by atoms with Crippen molar-refractivity contribution in [1.82, 2.24) is 9.97 Å². The van der Waals surface area contributed by atoms with Crippen LogP contribution in [0.25, 0.3) is 0 Å². The van der Waals surface area contributed by atoms with E-state index in [-0.39, 0.29) is 11.5 Å². The summed E-state index contributed by atoms with van der Waals surface area (Å²) in [5, 5.41) is 6.69. The fourth-order valence-electron chi connectivity index (χ4n) is 1.74. The van der Waals surface area contributed by atoms with Gasteiger partial charge in [-0.15, -0.1) is 0 Å². The van der Waals surface area contributed by atoms with E-state index in [9.17, 15) is 0 Å². The maximum absolute atomic E-state index is 5.15. The third-order valence-corrected chi connectivity index (χ3v) is 2.76. The fourth-order valence-corrected chi connectivity index (χ4v) is 1.74. The second-order valence-corrected chi connectivity index (χ2v) is 6.14. The van der Waals surface area contributed by atoms with Crippen molar-refractivity contribution in [1.29, 1.82) is 0 Å². The van der Waals surface area contributed by atoms with Crippen LogP contribution in [0, 0.1) is 0 Å². The number of aromatic nitrogens is 2. The standard InChI is InChI=1S/C15H28N4O/c1-7-8-16-12-9-13(17-11(2)10-20-6)19-14(18-12)15(3,4)5/h9,11H,7-8,10H2,1-6H3,(H2,16,17,18,19). The molecule has 1 unspecified atom stereocenters. The van der Waals surface area contributed by atoms with Crippen molar-refractivity contribution in [3.63, 3.8) is 0 Å². The molecule has 0 bridgehead atoms. The summed E-state index contributed by atoms with van der Waals surface area (Å²) < 4.78 is 5.15. The van der Waals surface area contributed by atoms with Crippen molar-refractivity contribution in [2.75, 3.05) is 30.9 Å². The highest BCUT2D eigenvalue weighted by molar-refractivity contribution is 5.48. The fraction of sp³-hybridized carbons (Fsp3) is 0.733. The highest BCUT2D eigenvalue weighted by Gasteiger charge is 2.19. The van der Waals surface area contributed by atoms with E-state index in [1.807, 2.05) is 6.07 Å². The lowest BCUT2D eigenvalue weighted by Crippen LogP contribution is -2.24. The van der Waals surface area contributed by atoms with E-state index in [2.05, 4.69) is 55.2 Å². The van der Waals surface area contributed by atoms with Crippen LogP contribution in [-0.4, -0.2) is 36.3 Å². The van der Waals surface area contributed by atoms with E-state index >= 15 is 0 Å². The Morgan fingerprint density at radius 3 is 2.45 bits per heavy atom. The van der Waals surface area contributed by atoms with Crippen LogP contribution in [0.1, 0.15) is 46.9 Å². The molecule has 0 aliphatic rings. The van der Waals surface area contributed by atoms with E-state index in [0.717, 1.165) is 30.4 Å². The number of methoxy groups -OCH3 is 1. The summed E-state index contributed by atoms with van der Waals surface area (Å²) in [5.41, 5.74) is -0.0785. The van der Waals surface area contributed by atoms with E-state index < -0.39 is 0 Å². The van der Waals surface area contributed by atoms with Gasteiger partial charge in [0.15, 0.2) is 0 Å². The van der Waals surface area contributed by atoms with Gasteiger partial charge < -0.3 is 15.4 Å². The molecule has 0 fully saturated rings. The van der Waals surface area contributed by atoms with E-state index in [1.54, 1.807) is 7.11 Å². The van der Waals surface area contributed by atoms with Crippen LogP contribution in [-0.2, 0) is 10.2 Å². The molecule has 0 spiro atoms. The molecule has 20 heavy (non-hydrogen) atoms. The van der Waals surface area contributed by atoms with Gasteiger partial charge in [-0.1, -0.05) is 27.7 Å². The normalized spacial score (nSPS) is 13.1. The average Bonchev–Trinajstić information content (AvgIpc) is 2.35. The number of nitrogens with one attached hydrogen (secondary N) is 2. The number of hydrogen-bond donors (Lipinski definition) is 2. The summed E-state index contributed by atoms with van der Waals surface area (Å²) in [5.74, 6) is 2.55. The van der Waals surface area contributed by atoms with Crippen LogP contribution in [0.4, 0.5) is 11.6 Å². The minimum absolute atomic E-state index is 0.0785. The second-order valence-electron chi connectivity index (χ2n) is 6.14. The molecule has 1 atom stereocenters. The molecule has 114 valence electrons. The molecule has 2 N–H and O–H groups in total. The molecule has 1 rings (SSSR count). The van der Waals surface area contributed by atoms with Gasteiger partial charge in [-0.2, -0.15) is 0 Å². The molecule has 0 aliphatic heterocycles. The van der Waals surface area contributed by atoms with E-state index in [1.165, 1.54) is 0 Å². The smallest absolute Gasteiger partial charge is 0.138 e. The second kappa shape index (κ2) is 7.43. The van der Waals surface area contributed by atoms with Gasteiger partial charge in [-0.05, 0) is 13.3 Å². The molecule has 0 radical (unpaired) electrons. The SMILES string of the molecule is CCCNc1cc(NC(C)COC)nc(C(C)(C)C)n1. The van der Waals surface area contributed by atoms with Crippen LogP contribution in [0.5, 0.6) is 0 Å². The van der Waals surface area contributed by atoms with Gasteiger partial charge >= 0.3 is 0 Å². The number of ether oxygens (including phenoxy) is 1. The van der Waals surface area contributed by atoms with Gasteiger partial charge in [0.1, 0.15) is 17.5 Å². The lowest BCUT2D eigenvalue weighted by atomic mass is 9.96. The molecule has 1 heterocycles. The van der Waals surface area contributed by atoms with Crippen molar-refractivity contribution in [2.24, 2.45) is 0 Å². The topological polar surface area (TPSA) is 59.1 Å². The summed E-state index contributed by atoms with van der Waals surface area (Å²) in [6.07, 6.45) is 1.07. The van der Waals surface area contributed by atoms with Gasteiger partial charge in [0.2, 0.25) is 0 Å². The van der Waals surface area contributed by atoms with Crippen molar-refractivity contribution < 1.29 is 4.74 Å². The van der Waals surface area contributed by atoms with Crippen molar-refractivity contribution in [3.8, 4) is 0 Å². The lowest BCUT2D eigenvalue weighted by molar-refractivity contribution is 0.190. The van der Waals surface area contributed by atoms with E-state index in [0.29, 0.717) is 6.61 Å². The number of hydrogen-bond acceptors (Lipinski definition) is 5. The maximum atomic E-state index is 5.15. The summed E-state index contributed by atoms with van der Waals surface area (Å²) in [6.45, 7) is 12.1. The molecule has 0 aliphatic carbocycles. The highest BCUT2D eigenvalue weighted by Crippen LogP contribution is 2.22. The molecule has 0 aromatic carbocycles. The Bertz CT molecular complexity index is 415. The number of anilines is 2. The summed E-state index contributed by atoms with van der Waals surface area (Å²) >= 11 is 0. The van der Waals surface area contributed by atoms with Gasteiger partial charge in [0.05, 0.1) is 6.61 Å². The number of rotatable bonds is 7. The Labute approximate surface area is 122 Å². The number of nitrogens with zero attached hydrogens (tertiary/aromatic N) is 2. The quantitative estimate of drug-likeness (QED) is 0.804. The molecule has 1 aromatic heterocycles. The van der Waals surface area contributed by atoms with Crippen molar-refractivity contribution in [2.45, 2.75) is 52.5 Å². The van der Waals surface area contributed by atoms with Gasteiger partial charge in [0.25, 0.3) is 0 Å². The van der Waals surface area contributed by atoms with Crippen LogP contribution < -0.4 is 10.6 Å². The Morgan fingerprint density at radius 2 is 1.90 bits per heavy atom. The highest BCUT2D eigenvalue weighted by atomic mass is 16.5. The first kappa shape index (κ1) is 16.7. The van der Waals surface area contributed by atoms with Crippen LogP contribution in [0.2, 0.25) is 0 Å². The largest absolute Gasteiger partial charge is 0.383 e. The molecular weight excluding hydrogens is 252 g/mol. The Morgan fingerprint density at radius 1 is 1.25 bits per heavy atom. The molecule has 5 heteroatoms. The van der Waals surface area contributed by atoms with Crippen LogP contribution in [0.15, 0.2) is 6.07 Å². The molecule has 0 amide bonds.